The van der Waals surface area contributed by atoms with Crippen molar-refractivity contribution >= 4 is 11.6 Å². The van der Waals surface area contributed by atoms with Crippen LogP contribution in [0.3, 0.4) is 0 Å². The van der Waals surface area contributed by atoms with Gasteiger partial charge < -0.3 is 10.3 Å². The highest BCUT2D eigenvalue weighted by Gasteiger charge is 2.31. The fourth-order valence-corrected chi connectivity index (χ4v) is 1.47. The van der Waals surface area contributed by atoms with Crippen LogP contribution in [0.15, 0.2) is 35.5 Å². The molecule has 2 aromatic heterocycles. The van der Waals surface area contributed by atoms with Gasteiger partial charge in [0.25, 0.3) is 5.56 Å². The summed E-state index contributed by atoms with van der Waals surface area (Å²) in [6, 6.07) is 2.17. The molecule has 0 spiro atoms. The number of nitrogens with zero attached hydrogens (tertiary/aromatic N) is 2. The van der Waals surface area contributed by atoms with Crippen LogP contribution < -0.4 is 10.9 Å². The van der Waals surface area contributed by atoms with Crippen molar-refractivity contribution in [2.45, 2.75) is 12.7 Å². The highest BCUT2D eigenvalue weighted by Crippen LogP contribution is 2.29. The van der Waals surface area contributed by atoms with Gasteiger partial charge in [-0.05, 0) is 12.1 Å². The van der Waals surface area contributed by atoms with Gasteiger partial charge in [0.2, 0.25) is 5.91 Å². The maximum atomic E-state index is 12.5. The van der Waals surface area contributed by atoms with E-state index in [9.17, 15) is 22.8 Å². The van der Waals surface area contributed by atoms with Gasteiger partial charge in [0.1, 0.15) is 12.2 Å². The number of H-pyrrole nitrogens is 1. The Kier molecular flexibility index (Phi) is 3.59. The Balaban J connectivity index is 2.16. The summed E-state index contributed by atoms with van der Waals surface area (Å²) in [4.78, 5) is 24.9. The molecule has 0 aromatic carbocycles. The molecule has 0 saturated heterocycles. The second-order valence-corrected chi connectivity index (χ2v) is 3.88. The number of aromatic nitrogens is 3. The summed E-state index contributed by atoms with van der Waals surface area (Å²) in [5.41, 5.74) is -2.32. The van der Waals surface area contributed by atoms with Gasteiger partial charge >= 0.3 is 6.18 Å². The standard InChI is InChI=1S/C11H9F3N4O2/c12-11(13,14)7-4-8(10(20)15-5-7)17-9(19)6-18-3-1-2-16-18/h1-5H,6H2,(H,15,20)(H,17,19). The third-order valence-corrected chi connectivity index (χ3v) is 2.37. The second kappa shape index (κ2) is 5.19. The number of carbonyl (C=O) groups is 1. The van der Waals surface area contributed by atoms with Gasteiger partial charge in [-0.3, -0.25) is 14.3 Å². The lowest BCUT2D eigenvalue weighted by Gasteiger charge is -2.09. The summed E-state index contributed by atoms with van der Waals surface area (Å²) in [5.74, 6) is -0.654. The lowest BCUT2D eigenvalue weighted by Crippen LogP contribution is -2.24. The van der Waals surface area contributed by atoms with Crippen LogP contribution in [-0.2, 0) is 17.5 Å². The zero-order valence-corrected chi connectivity index (χ0v) is 9.94. The number of hydrogen-bond acceptors (Lipinski definition) is 3. The van der Waals surface area contributed by atoms with Crippen LogP contribution in [0.1, 0.15) is 5.56 Å². The van der Waals surface area contributed by atoms with Crippen molar-refractivity contribution in [2.75, 3.05) is 5.32 Å². The van der Waals surface area contributed by atoms with E-state index < -0.39 is 28.9 Å². The summed E-state index contributed by atoms with van der Waals surface area (Å²) in [5, 5.41) is 5.88. The van der Waals surface area contributed by atoms with Gasteiger partial charge in [0.05, 0.1) is 5.56 Å². The third kappa shape index (κ3) is 3.25. The van der Waals surface area contributed by atoms with Crippen molar-refractivity contribution in [2.24, 2.45) is 0 Å². The Bertz CT molecular complexity index is 661. The first-order valence-electron chi connectivity index (χ1n) is 5.43. The van der Waals surface area contributed by atoms with E-state index in [-0.39, 0.29) is 6.54 Å². The maximum Gasteiger partial charge on any atom is 0.417 e. The van der Waals surface area contributed by atoms with Gasteiger partial charge in [0, 0.05) is 18.6 Å². The molecule has 0 radical (unpaired) electrons. The number of pyridine rings is 1. The molecule has 106 valence electrons. The maximum absolute atomic E-state index is 12.5. The van der Waals surface area contributed by atoms with E-state index in [4.69, 9.17) is 0 Å². The molecule has 0 unspecified atom stereocenters. The van der Waals surface area contributed by atoms with Crippen LogP contribution in [0.4, 0.5) is 18.9 Å². The number of amides is 1. The highest BCUT2D eigenvalue weighted by atomic mass is 19.4. The summed E-state index contributed by atoms with van der Waals surface area (Å²) in [6.07, 6.45) is -1.10. The number of nitrogens with one attached hydrogen (secondary N) is 2. The number of alkyl halides is 3. The topological polar surface area (TPSA) is 79.8 Å². The molecule has 0 bridgehead atoms. The largest absolute Gasteiger partial charge is 0.417 e. The lowest BCUT2D eigenvalue weighted by molar-refractivity contribution is -0.137. The fraction of sp³-hybridized carbons (Fsp3) is 0.182. The van der Waals surface area contributed by atoms with Crippen LogP contribution in [0.2, 0.25) is 0 Å². The molecule has 2 aromatic rings. The van der Waals surface area contributed by atoms with Gasteiger partial charge in [-0.1, -0.05) is 0 Å². The average molecular weight is 286 g/mol. The fourth-order valence-electron chi connectivity index (χ4n) is 1.47. The number of rotatable bonds is 3. The molecule has 1 amide bonds. The van der Waals surface area contributed by atoms with Gasteiger partial charge in [-0.15, -0.1) is 0 Å². The monoisotopic (exact) mass is 286 g/mol. The minimum Gasteiger partial charge on any atom is -0.327 e. The molecule has 2 heterocycles. The van der Waals surface area contributed by atoms with E-state index in [0.717, 1.165) is 0 Å². The number of aromatic amines is 1. The highest BCUT2D eigenvalue weighted by molar-refractivity contribution is 5.90. The van der Waals surface area contributed by atoms with Crippen LogP contribution in [0.25, 0.3) is 0 Å². The quantitative estimate of drug-likeness (QED) is 0.890. The van der Waals surface area contributed by atoms with Crippen molar-refractivity contribution < 1.29 is 18.0 Å². The molecule has 0 saturated carbocycles. The van der Waals surface area contributed by atoms with Gasteiger partial charge in [-0.2, -0.15) is 18.3 Å². The molecular formula is C11H9F3N4O2. The predicted octanol–water partition coefficient (Wildman–Crippen LogP) is 1.23. The number of carbonyl (C=O) groups excluding carboxylic acids is 1. The molecule has 0 aliphatic heterocycles. The Morgan fingerprint density at radius 3 is 2.80 bits per heavy atom. The van der Waals surface area contributed by atoms with Crippen molar-refractivity contribution in [3.8, 4) is 0 Å². The first kappa shape index (κ1) is 13.8. The first-order chi connectivity index (χ1) is 9.36. The van der Waals surface area contributed by atoms with Crippen molar-refractivity contribution in [1.82, 2.24) is 14.8 Å². The molecule has 0 atom stereocenters. The normalized spacial score (nSPS) is 11.3. The van der Waals surface area contributed by atoms with E-state index in [1.807, 2.05) is 4.98 Å². The van der Waals surface area contributed by atoms with Gasteiger partial charge in [-0.25, -0.2) is 0 Å². The number of halogens is 3. The summed E-state index contributed by atoms with van der Waals surface area (Å²) >= 11 is 0. The average Bonchev–Trinajstić information content (AvgIpc) is 2.83. The van der Waals surface area contributed by atoms with Crippen LogP contribution >= 0.6 is 0 Å². The van der Waals surface area contributed by atoms with Crippen LogP contribution in [-0.4, -0.2) is 20.7 Å². The summed E-state index contributed by atoms with van der Waals surface area (Å²) in [6.45, 7) is -0.206. The van der Waals surface area contributed by atoms with E-state index in [0.29, 0.717) is 12.3 Å². The molecule has 20 heavy (non-hydrogen) atoms. The van der Waals surface area contributed by atoms with E-state index >= 15 is 0 Å². The minimum atomic E-state index is -4.61. The summed E-state index contributed by atoms with van der Waals surface area (Å²) < 4.78 is 38.8. The molecule has 6 nitrogen and oxygen atoms in total. The minimum absolute atomic E-state index is 0.206. The van der Waals surface area contributed by atoms with Crippen LogP contribution in [0, 0.1) is 0 Å². The van der Waals surface area contributed by atoms with Crippen molar-refractivity contribution in [3.63, 3.8) is 0 Å². The molecule has 9 heteroatoms. The summed E-state index contributed by atoms with van der Waals surface area (Å²) in [7, 11) is 0. The van der Waals surface area contributed by atoms with Crippen molar-refractivity contribution in [3.05, 3.63) is 46.6 Å². The van der Waals surface area contributed by atoms with Crippen molar-refractivity contribution in [1.29, 1.82) is 0 Å². The SMILES string of the molecule is O=C(Cn1cccn1)Nc1cc(C(F)(F)F)c[nH]c1=O. The van der Waals surface area contributed by atoms with E-state index in [1.54, 1.807) is 6.07 Å². The third-order valence-electron chi connectivity index (χ3n) is 2.37. The zero-order chi connectivity index (χ0) is 14.8. The Labute approximate surface area is 110 Å². The Morgan fingerprint density at radius 1 is 1.45 bits per heavy atom. The molecule has 0 aliphatic rings. The molecular weight excluding hydrogens is 277 g/mol. The molecule has 0 aliphatic carbocycles. The number of hydrogen-bond donors (Lipinski definition) is 2. The van der Waals surface area contributed by atoms with E-state index in [2.05, 4.69) is 10.4 Å². The lowest BCUT2D eigenvalue weighted by atomic mass is 10.2. The molecule has 2 N–H and O–H groups in total. The second-order valence-electron chi connectivity index (χ2n) is 3.88. The Morgan fingerprint density at radius 2 is 2.20 bits per heavy atom. The first-order valence-corrected chi connectivity index (χ1v) is 5.43. The van der Waals surface area contributed by atoms with E-state index in [1.165, 1.54) is 17.1 Å². The van der Waals surface area contributed by atoms with Gasteiger partial charge in [0.15, 0.2) is 0 Å². The van der Waals surface area contributed by atoms with Crippen LogP contribution in [0.5, 0.6) is 0 Å². The predicted molar refractivity (Wildman–Crippen MR) is 62.9 cm³/mol. The number of anilines is 1. The molecule has 2 rings (SSSR count). The smallest absolute Gasteiger partial charge is 0.327 e. The Hall–Kier alpha value is -2.58. The zero-order valence-electron chi connectivity index (χ0n) is 9.94. The molecule has 0 fully saturated rings.